The summed E-state index contributed by atoms with van der Waals surface area (Å²) in [6.45, 7) is 0. The zero-order chi connectivity index (χ0) is 16.3. The van der Waals surface area contributed by atoms with Crippen LogP contribution in [0.1, 0.15) is 16.4 Å². The molecule has 0 aliphatic carbocycles. The van der Waals surface area contributed by atoms with Crippen LogP contribution in [0.3, 0.4) is 0 Å². The number of benzene rings is 2. The highest BCUT2D eigenvalue weighted by Gasteiger charge is 2.51. The van der Waals surface area contributed by atoms with E-state index in [1.165, 1.54) is 29.1 Å². The van der Waals surface area contributed by atoms with Crippen LogP contribution < -0.4 is 5.73 Å². The zero-order valence-electron chi connectivity index (χ0n) is 12.6. The smallest absolute Gasteiger partial charge is 0.246 e. The maximum Gasteiger partial charge on any atom is 0.246 e. The highest BCUT2D eigenvalue weighted by Crippen LogP contribution is 2.56. The fraction of sp³-hybridized carbons (Fsp3) is 0.278. The lowest BCUT2D eigenvalue weighted by atomic mass is 10.0. The number of primary amides is 1. The number of hydrogen-bond acceptors (Lipinski definition) is 4. The first-order valence-corrected chi connectivity index (χ1v) is 9.37. The van der Waals surface area contributed by atoms with E-state index in [0.29, 0.717) is 6.42 Å². The van der Waals surface area contributed by atoms with Gasteiger partial charge in [0, 0.05) is 17.4 Å². The van der Waals surface area contributed by atoms with Gasteiger partial charge in [-0.05, 0) is 11.1 Å². The van der Waals surface area contributed by atoms with Crippen molar-refractivity contribution in [3.8, 4) is 0 Å². The Morgan fingerprint density at radius 2 is 1.78 bits per heavy atom. The van der Waals surface area contributed by atoms with Crippen LogP contribution >= 0.6 is 23.5 Å². The Kier molecular flexibility index (Phi) is 4.99. The summed E-state index contributed by atoms with van der Waals surface area (Å²) >= 11 is 2.95. The molecule has 0 aromatic heterocycles. The Bertz CT molecular complexity index is 665. The standard InChI is InChI=1S/C18H19NO2S2/c19-17(21)18(16(20)11-13-7-3-1-4-8-13)22-12-15(23-18)14-9-5-2-6-10-14/h1-10,15-16,20H,11-12H2,(H2,19,21)/t15?,16?,18-/m0/s1. The van der Waals surface area contributed by atoms with E-state index in [2.05, 4.69) is 12.1 Å². The first kappa shape index (κ1) is 16.4. The van der Waals surface area contributed by atoms with E-state index >= 15 is 0 Å². The van der Waals surface area contributed by atoms with Gasteiger partial charge in [0.25, 0.3) is 0 Å². The van der Waals surface area contributed by atoms with E-state index in [9.17, 15) is 9.90 Å². The first-order valence-electron chi connectivity index (χ1n) is 7.50. The summed E-state index contributed by atoms with van der Waals surface area (Å²) in [5.74, 6) is 0.318. The third kappa shape index (κ3) is 3.42. The number of hydrogen-bond donors (Lipinski definition) is 2. The minimum Gasteiger partial charge on any atom is -0.390 e. The van der Waals surface area contributed by atoms with Crippen LogP contribution in [-0.2, 0) is 11.2 Å². The molecule has 3 atom stereocenters. The van der Waals surface area contributed by atoms with Gasteiger partial charge in [0.05, 0.1) is 6.10 Å². The lowest BCUT2D eigenvalue weighted by molar-refractivity contribution is -0.120. The van der Waals surface area contributed by atoms with Crippen LogP contribution in [0.4, 0.5) is 0 Å². The van der Waals surface area contributed by atoms with Gasteiger partial charge >= 0.3 is 0 Å². The lowest BCUT2D eigenvalue weighted by Crippen LogP contribution is -2.47. The molecule has 1 aliphatic rings. The molecular formula is C18H19NO2S2. The van der Waals surface area contributed by atoms with Gasteiger partial charge in [-0.2, -0.15) is 0 Å². The molecule has 0 saturated carbocycles. The van der Waals surface area contributed by atoms with Gasteiger partial charge in [-0.3, -0.25) is 4.79 Å². The zero-order valence-corrected chi connectivity index (χ0v) is 14.2. The highest BCUT2D eigenvalue weighted by molar-refractivity contribution is 8.22. The van der Waals surface area contributed by atoms with Gasteiger partial charge in [0.2, 0.25) is 5.91 Å². The van der Waals surface area contributed by atoms with Crippen molar-refractivity contribution >= 4 is 29.4 Å². The minimum atomic E-state index is -0.990. The summed E-state index contributed by atoms with van der Waals surface area (Å²) in [5, 5.41) is 10.9. The number of nitrogens with two attached hydrogens (primary N) is 1. The fourth-order valence-electron chi connectivity index (χ4n) is 2.75. The van der Waals surface area contributed by atoms with Crippen molar-refractivity contribution in [3.05, 3.63) is 71.8 Å². The van der Waals surface area contributed by atoms with E-state index in [0.717, 1.165) is 11.3 Å². The van der Waals surface area contributed by atoms with E-state index in [4.69, 9.17) is 5.73 Å². The molecule has 0 spiro atoms. The monoisotopic (exact) mass is 345 g/mol. The number of amides is 1. The van der Waals surface area contributed by atoms with Crippen LogP contribution in [0, 0.1) is 0 Å². The van der Waals surface area contributed by atoms with Gasteiger partial charge in [0.1, 0.15) is 0 Å². The van der Waals surface area contributed by atoms with Crippen molar-refractivity contribution in [3.63, 3.8) is 0 Å². The highest BCUT2D eigenvalue weighted by atomic mass is 32.2. The van der Waals surface area contributed by atoms with Crippen molar-refractivity contribution in [1.82, 2.24) is 0 Å². The molecule has 23 heavy (non-hydrogen) atoms. The summed E-state index contributed by atoms with van der Waals surface area (Å²) in [6.07, 6.45) is -0.392. The number of aliphatic hydroxyl groups is 1. The molecule has 2 aromatic rings. The lowest BCUT2D eigenvalue weighted by Gasteiger charge is -2.29. The van der Waals surface area contributed by atoms with Gasteiger partial charge < -0.3 is 10.8 Å². The average molecular weight is 345 g/mol. The molecule has 3 nitrogen and oxygen atoms in total. The topological polar surface area (TPSA) is 63.3 Å². The maximum absolute atomic E-state index is 12.2. The minimum absolute atomic E-state index is 0.166. The molecular weight excluding hydrogens is 326 g/mol. The van der Waals surface area contributed by atoms with Crippen LogP contribution in [0.2, 0.25) is 0 Å². The van der Waals surface area contributed by atoms with Crippen molar-refractivity contribution in [2.75, 3.05) is 5.75 Å². The number of aliphatic hydroxyl groups excluding tert-OH is 1. The Hall–Kier alpha value is -1.43. The number of thioether (sulfide) groups is 2. The predicted octanol–water partition coefficient (Wildman–Crippen LogP) is 2.99. The second kappa shape index (κ2) is 6.99. The van der Waals surface area contributed by atoms with Gasteiger partial charge in [-0.1, -0.05) is 60.7 Å². The predicted molar refractivity (Wildman–Crippen MR) is 97.3 cm³/mol. The quantitative estimate of drug-likeness (QED) is 0.874. The molecule has 1 heterocycles. The van der Waals surface area contributed by atoms with E-state index in [1.807, 2.05) is 48.5 Å². The summed E-state index contributed by atoms with van der Waals surface area (Å²) in [4.78, 5) is 12.2. The SMILES string of the molecule is NC(=O)[C@@]1(C(O)Cc2ccccc2)SCC(c2ccccc2)S1. The Morgan fingerprint density at radius 3 is 2.39 bits per heavy atom. The average Bonchev–Trinajstić information content (AvgIpc) is 3.03. The molecule has 2 unspecified atom stereocenters. The first-order chi connectivity index (χ1) is 11.1. The van der Waals surface area contributed by atoms with Gasteiger partial charge in [-0.25, -0.2) is 0 Å². The molecule has 1 amide bonds. The van der Waals surface area contributed by atoms with Crippen molar-refractivity contribution in [2.45, 2.75) is 21.9 Å². The van der Waals surface area contributed by atoms with Crippen LogP contribution in [0.15, 0.2) is 60.7 Å². The van der Waals surface area contributed by atoms with Crippen LogP contribution in [-0.4, -0.2) is 26.9 Å². The van der Waals surface area contributed by atoms with E-state index in [1.54, 1.807) is 0 Å². The van der Waals surface area contributed by atoms with Crippen molar-refractivity contribution < 1.29 is 9.90 Å². The third-order valence-corrected chi connectivity index (χ3v) is 7.79. The largest absolute Gasteiger partial charge is 0.390 e. The molecule has 2 aromatic carbocycles. The number of rotatable bonds is 5. The van der Waals surface area contributed by atoms with Crippen LogP contribution in [0.5, 0.6) is 0 Å². The molecule has 1 aliphatic heterocycles. The summed E-state index contributed by atoms with van der Waals surface area (Å²) in [7, 11) is 0. The Morgan fingerprint density at radius 1 is 1.17 bits per heavy atom. The number of carbonyl (C=O) groups is 1. The van der Waals surface area contributed by atoms with Gasteiger partial charge in [0.15, 0.2) is 4.08 Å². The Balaban J connectivity index is 1.80. The van der Waals surface area contributed by atoms with E-state index in [-0.39, 0.29) is 5.25 Å². The van der Waals surface area contributed by atoms with Crippen LogP contribution in [0.25, 0.3) is 0 Å². The second-order valence-electron chi connectivity index (χ2n) is 5.57. The summed E-state index contributed by atoms with van der Waals surface area (Å²) in [5.41, 5.74) is 7.86. The van der Waals surface area contributed by atoms with E-state index < -0.39 is 16.1 Å². The summed E-state index contributed by atoms with van der Waals surface area (Å²) in [6, 6.07) is 19.8. The molecule has 1 fully saturated rings. The molecule has 0 bridgehead atoms. The molecule has 3 N–H and O–H groups in total. The molecule has 1 saturated heterocycles. The second-order valence-corrected chi connectivity index (χ2v) is 8.54. The maximum atomic E-state index is 12.2. The number of carbonyl (C=O) groups excluding carboxylic acids is 1. The van der Waals surface area contributed by atoms with Crippen molar-refractivity contribution in [1.29, 1.82) is 0 Å². The Labute approximate surface area is 144 Å². The molecule has 5 heteroatoms. The van der Waals surface area contributed by atoms with Gasteiger partial charge in [-0.15, -0.1) is 23.5 Å². The fourth-order valence-corrected chi connectivity index (χ4v) is 6.13. The van der Waals surface area contributed by atoms with Crippen molar-refractivity contribution in [2.24, 2.45) is 5.73 Å². The normalized spacial score (nSPS) is 25.2. The summed E-state index contributed by atoms with van der Waals surface area (Å²) < 4.78 is -0.990. The molecule has 0 radical (unpaired) electrons. The molecule has 120 valence electrons. The molecule has 3 rings (SSSR count). The third-order valence-electron chi connectivity index (χ3n) is 3.99.